The number of aryl methyl sites for hydroxylation is 1. The fraction of sp³-hybridized carbons (Fsp3) is 0.400. The van der Waals surface area contributed by atoms with Gasteiger partial charge in [-0.25, -0.2) is 0 Å². The van der Waals surface area contributed by atoms with E-state index in [0.717, 1.165) is 17.9 Å². The van der Waals surface area contributed by atoms with Gasteiger partial charge in [0, 0.05) is 45.3 Å². The summed E-state index contributed by atoms with van der Waals surface area (Å²) in [5.74, 6) is 0. The van der Waals surface area contributed by atoms with E-state index in [0.29, 0.717) is 0 Å². The first-order valence-corrected chi connectivity index (χ1v) is 6.47. The van der Waals surface area contributed by atoms with E-state index in [-0.39, 0.29) is 0 Å². The highest BCUT2D eigenvalue weighted by Crippen LogP contribution is 2.23. The van der Waals surface area contributed by atoms with Gasteiger partial charge in [0.05, 0.1) is 17.6 Å². The Morgan fingerprint density at radius 3 is 2.63 bits per heavy atom. The molecule has 2 aromatic heterocycles. The summed E-state index contributed by atoms with van der Waals surface area (Å²) in [6.45, 7) is 5.10. The molecule has 2 aromatic rings. The first-order chi connectivity index (χ1) is 9.00. The number of hydrogen-bond donors (Lipinski definition) is 1. The van der Waals surface area contributed by atoms with Crippen LogP contribution in [0.3, 0.4) is 0 Å². The lowest BCUT2D eigenvalue weighted by Crippen LogP contribution is -2.12. The highest BCUT2D eigenvalue weighted by molar-refractivity contribution is 5.68. The van der Waals surface area contributed by atoms with Crippen LogP contribution in [0.5, 0.6) is 0 Å². The van der Waals surface area contributed by atoms with Crippen molar-refractivity contribution < 1.29 is 0 Å². The van der Waals surface area contributed by atoms with E-state index in [4.69, 9.17) is 0 Å². The second-order valence-corrected chi connectivity index (χ2v) is 5.10. The van der Waals surface area contributed by atoms with E-state index in [1.54, 1.807) is 0 Å². The van der Waals surface area contributed by atoms with Crippen LogP contribution in [0.2, 0.25) is 0 Å². The number of anilines is 2. The Balaban J connectivity index is 2.17. The molecule has 1 N–H and O–H groups in total. The number of aromatic nitrogens is 2. The van der Waals surface area contributed by atoms with Gasteiger partial charge in [0.25, 0.3) is 0 Å². The molecule has 0 atom stereocenters. The van der Waals surface area contributed by atoms with Gasteiger partial charge in [-0.05, 0) is 31.5 Å². The van der Waals surface area contributed by atoms with Crippen molar-refractivity contribution in [2.24, 2.45) is 7.05 Å². The van der Waals surface area contributed by atoms with Crippen LogP contribution in [0.25, 0.3) is 0 Å². The minimum absolute atomic E-state index is 0.819. The van der Waals surface area contributed by atoms with Gasteiger partial charge in [0.1, 0.15) is 0 Å². The minimum Gasteiger partial charge on any atom is -0.378 e. The molecular weight excluding hydrogens is 236 g/mol. The van der Waals surface area contributed by atoms with E-state index in [1.165, 1.54) is 17.0 Å². The lowest BCUT2D eigenvalue weighted by Gasteiger charge is -2.17. The fourth-order valence-electron chi connectivity index (χ4n) is 2.22. The van der Waals surface area contributed by atoms with Crippen LogP contribution in [0.15, 0.2) is 24.5 Å². The molecule has 2 rings (SSSR count). The zero-order chi connectivity index (χ0) is 14.0. The van der Waals surface area contributed by atoms with Crippen LogP contribution in [0.4, 0.5) is 11.4 Å². The average molecular weight is 258 g/mol. The molecule has 0 unspecified atom stereocenters. The Kier molecular flexibility index (Phi) is 3.79. The van der Waals surface area contributed by atoms with Crippen LogP contribution >= 0.6 is 0 Å². The van der Waals surface area contributed by atoms with Crippen LogP contribution in [0, 0.1) is 13.8 Å². The number of hydrogen-bond acceptors (Lipinski definition) is 3. The van der Waals surface area contributed by atoms with E-state index in [9.17, 15) is 0 Å². The van der Waals surface area contributed by atoms with Gasteiger partial charge in [0.15, 0.2) is 0 Å². The Bertz CT molecular complexity index is 570. The maximum atomic E-state index is 4.19. The van der Waals surface area contributed by atoms with E-state index < -0.39 is 0 Å². The fourth-order valence-corrected chi connectivity index (χ4v) is 2.22. The summed E-state index contributed by atoms with van der Waals surface area (Å²) in [6.07, 6.45) is 3.69. The van der Waals surface area contributed by atoms with E-state index in [2.05, 4.69) is 46.7 Å². The van der Waals surface area contributed by atoms with Gasteiger partial charge in [-0.3, -0.25) is 4.98 Å². The van der Waals surface area contributed by atoms with Gasteiger partial charge >= 0.3 is 0 Å². The normalized spacial score (nSPS) is 10.6. The minimum atomic E-state index is 0.819. The van der Waals surface area contributed by atoms with Crippen molar-refractivity contribution in [2.75, 3.05) is 24.3 Å². The molecule has 0 aliphatic heterocycles. The monoisotopic (exact) mass is 258 g/mol. The van der Waals surface area contributed by atoms with E-state index in [1.807, 2.05) is 32.6 Å². The molecule has 0 amide bonds. The largest absolute Gasteiger partial charge is 0.378 e. The molecule has 0 fully saturated rings. The van der Waals surface area contributed by atoms with Crippen molar-refractivity contribution >= 4 is 11.4 Å². The Morgan fingerprint density at radius 2 is 2.05 bits per heavy atom. The average Bonchev–Trinajstić information content (AvgIpc) is 2.64. The van der Waals surface area contributed by atoms with Crippen LogP contribution < -0.4 is 10.2 Å². The molecule has 4 heteroatoms. The number of nitrogens with zero attached hydrogens (tertiary/aromatic N) is 3. The molecule has 0 bridgehead atoms. The summed E-state index contributed by atoms with van der Waals surface area (Å²) in [5, 5.41) is 3.47. The first-order valence-electron chi connectivity index (χ1n) is 6.47. The smallest absolute Gasteiger partial charge is 0.0766 e. The van der Waals surface area contributed by atoms with Crippen molar-refractivity contribution in [3.05, 3.63) is 41.5 Å². The summed E-state index contributed by atoms with van der Waals surface area (Å²) in [5.41, 5.74) is 6.14. The molecule has 0 aliphatic carbocycles. The summed E-state index contributed by atoms with van der Waals surface area (Å²) in [7, 11) is 6.18. The van der Waals surface area contributed by atoms with Gasteiger partial charge in [-0.1, -0.05) is 0 Å². The Morgan fingerprint density at radius 1 is 1.32 bits per heavy atom. The molecule has 2 heterocycles. The third kappa shape index (κ3) is 2.72. The summed E-state index contributed by atoms with van der Waals surface area (Å²) < 4.78 is 2.22. The number of rotatable bonds is 4. The summed E-state index contributed by atoms with van der Waals surface area (Å²) in [4.78, 5) is 6.28. The predicted molar refractivity (Wildman–Crippen MR) is 80.8 cm³/mol. The second kappa shape index (κ2) is 5.34. The highest BCUT2D eigenvalue weighted by Gasteiger charge is 2.08. The number of nitrogens with one attached hydrogen (secondary N) is 1. The molecule has 0 aromatic carbocycles. The van der Waals surface area contributed by atoms with Crippen molar-refractivity contribution in [3.8, 4) is 0 Å². The highest BCUT2D eigenvalue weighted by atomic mass is 15.1. The second-order valence-electron chi connectivity index (χ2n) is 5.10. The first kappa shape index (κ1) is 13.5. The topological polar surface area (TPSA) is 33.1 Å². The van der Waals surface area contributed by atoms with Gasteiger partial charge < -0.3 is 14.8 Å². The lowest BCUT2D eigenvalue weighted by molar-refractivity contribution is 0.837. The third-order valence-electron chi connectivity index (χ3n) is 3.63. The zero-order valence-electron chi connectivity index (χ0n) is 12.4. The molecule has 0 radical (unpaired) electrons. The lowest BCUT2D eigenvalue weighted by atomic mass is 10.2. The van der Waals surface area contributed by atoms with Crippen LogP contribution in [-0.4, -0.2) is 23.6 Å². The molecule has 19 heavy (non-hydrogen) atoms. The molecule has 102 valence electrons. The van der Waals surface area contributed by atoms with Crippen molar-refractivity contribution in [2.45, 2.75) is 20.4 Å². The van der Waals surface area contributed by atoms with Crippen molar-refractivity contribution in [1.82, 2.24) is 9.55 Å². The van der Waals surface area contributed by atoms with Gasteiger partial charge in [-0.2, -0.15) is 0 Å². The predicted octanol–water partition coefficient (Wildman–Crippen LogP) is 2.72. The van der Waals surface area contributed by atoms with E-state index >= 15 is 0 Å². The SMILES string of the molecule is Cc1cc(CNc2cnccc2N(C)C)c(C)n1C. The maximum absolute atomic E-state index is 4.19. The molecule has 0 aliphatic rings. The van der Waals surface area contributed by atoms with Crippen molar-refractivity contribution in [1.29, 1.82) is 0 Å². The zero-order valence-corrected chi connectivity index (χ0v) is 12.4. The standard InChI is InChI=1S/C15H22N4/c1-11-8-13(12(2)19(11)5)9-17-14-10-16-7-6-15(14)18(3)4/h6-8,10,17H,9H2,1-5H3. The molecule has 0 saturated carbocycles. The molecule has 0 saturated heterocycles. The van der Waals surface area contributed by atoms with Crippen LogP contribution in [0.1, 0.15) is 17.0 Å². The Labute approximate surface area is 115 Å². The third-order valence-corrected chi connectivity index (χ3v) is 3.63. The van der Waals surface area contributed by atoms with Gasteiger partial charge in [0.2, 0.25) is 0 Å². The quantitative estimate of drug-likeness (QED) is 0.915. The number of pyridine rings is 1. The Hall–Kier alpha value is -1.97. The maximum Gasteiger partial charge on any atom is 0.0766 e. The molecule has 0 spiro atoms. The molecule has 4 nitrogen and oxygen atoms in total. The summed E-state index contributed by atoms with van der Waals surface area (Å²) >= 11 is 0. The van der Waals surface area contributed by atoms with Crippen molar-refractivity contribution in [3.63, 3.8) is 0 Å². The van der Waals surface area contributed by atoms with Crippen LogP contribution in [-0.2, 0) is 13.6 Å². The van der Waals surface area contributed by atoms with Gasteiger partial charge in [-0.15, -0.1) is 0 Å². The molecular formula is C15H22N4. The summed E-state index contributed by atoms with van der Waals surface area (Å²) in [6, 6.07) is 4.25.